The summed E-state index contributed by atoms with van der Waals surface area (Å²) in [7, 11) is 0. The lowest BCUT2D eigenvalue weighted by Crippen LogP contribution is -2.23. The minimum atomic E-state index is -0.356. The van der Waals surface area contributed by atoms with Crippen molar-refractivity contribution in [2.75, 3.05) is 6.79 Å². The number of carbonyl (C=O) groups excluding carboxylic acids is 1. The Balaban J connectivity index is 1.39. The van der Waals surface area contributed by atoms with Crippen LogP contribution in [-0.4, -0.2) is 28.0 Å². The van der Waals surface area contributed by atoms with E-state index in [0.717, 1.165) is 12.8 Å². The predicted molar refractivity (Wildman–Crippen MR) is 87.5 cm³/mol. The number of aromatic nitrogens is 3. The first-order valence-corrected chi connectivity index (χ1v) is 8.19. The van der Waals surface area contributed by atoms with Crippen LogP contribution in [0, 0.1) is 0 Å². The number of hydrogen-bond donors (Lipinski definition) is 1. The molecular weight excluding hydrogens is 340 g/mol. The van der Waals surface area contributed by atoms with Crippen molar-refractivity contribution in [1.29, 1.82) is 0 Å². The predicted octanol–water partition coefficient (Wildman–Crippen LogP) is 2.34. The van der Waals surface area contributed by atoms with Gasteiger partial charge in [0.15, 0.2) is 23.0 Å². The topological polar surface area (TPSA) is 113 Å². The van der Waals surface area contributed by atoms with Gasteiger partial charge >= 0.3 is 0 Å². The van der Waals surface area contributed by atoms with Gasteiger partial charge in [0.2, 0.25) is 6.79 Å². The molecule has 1 aliphatic heterocycles. The summed E-state index contributed by atoms with van der Waals surface area (Å²) in [5.74, 6) is 2.32. The number of carbonyl (C=O) groups is 1. The van der Waals surface area contributed by atoms with Crippen LogP contribution in [0.25, 0.3) is 11.5 Å². The molecule has 0 unspecified atom stereocenters. The number of hydrogen-bond acceptors (Lipinski definition) is 8. The lowest BCUT2D eigenvalue weighted by Gasteiger charge is -1.98. The number of fused-ring (bicyclic) bond motifs is 1. The van der Waals surface area contributed by atoms with Crippen LogP contribution in [0.5, 0.6) is 11.5 Å². The van der Waals surface area contributed by atoms with Crippen molar-refractivity contribution >= 4 is 5.91 Å². The summed E-state index contributed by atoms with van der Waals surface area (Å²) in [5, 5.41) is 10.3. The second-order valence-electron chi connectivity index (χ2n) is 5.69. The lowest BCUT2D eigenvalue weighted by atomic mass is 10.2. The maximum absolute atomic E-state index is 12.1. The summed E-state index contributed by atoms with van der Waals surface area (Å²) >= 11 is 0. The summed E-state index contributed by atoms with van der Waals surface area (Å²) in [6.45, 7) is 2.33. The second-order valence-corrected chi connectivity index (χ2v) is 5.69. The number of ether oxygens (including phenoxy) is 2. The molecule has 0 saturated heterocycles. The molecule has 9 heteroatoms. The van der Waals surface area contributed by atoms with E-state index in [1.165, 1.54) is 0 Å². The fraction of sp³-hybridized carbons (Fsp3) is 0.294. The summed E-state index contributed by atoms with van der Waals surface area (Å²) < 4.78 is 20.9. The molecule has 0 fully saturated rings. The highest BCUT2D eigenvalue weighted by Gasteiger charge is 2.18. The average Bonchev–Trinajstić information content (AvgIpc) is 3.39. The maximum Gasteiger partial charge on any atom is 0.273 e. The molecule has 3 aromatic rings. The Morgan fingerprint density at radius 2 is 2.04 bits per heavy atom. The van der Waals surface area contributed by atoms with Crippen molar-refractivity contribution in [2.24, 2.45) is 0 Å². The Hall–Kier alpha value is -3.36. The van der Waals surface area contributed by atoms with Gasteiger partial charge < -0.3 is 23.8 Å². The van der Waals surface area contributed by atoms with Crippen molar-refractivity contribution in [2.45, 2.75) is 26.3 Å². The third-order valence-corrected chi connectivity index (χ3v) is 3.78. The minimum Gasteiger partial charge on any atom is -0.454 e. The molecule has 0 spiro atoms. The molecule has 1 aromatic carbocycles. The van der Waals surface area contributed by atoms with Crippen molar-refractivity contribution in [3.05, 3.63) is 41.5 Å². The monoisotopic (exact) mass is 356 g/mol. The van der Waals surface area contributed by atoms with Crippen LogP contribution in [0.3, 0.4) is 0 Å². The Kier molecular flexibility index (Phi) is 4.26. The van der Waals surface area contributed by atoms with Gasteiger partial charge in [-0.15, -0.1) is 0 Å². The molecule has 9 nitrogen and oxygen atoms in total. The van der Waals surface area contributed by atoms with E-state index >= 15 is 0 Å². The van der Waals surface area contributed by atoms with Gasteiger partial charge in [-0.05, 0) is 24.6 Å². The Morgan fingerprint density at radius 3 is 2.92 bits per heavy atom. The number of nitrogens with zero attached hydrogens (tertiary/aromatic N) is 3. The van der Waals surface area contributed by atoms with Gasteiger partial charge in [-0.2, -0.15) is 4.98 Å². The van der Waals surface area contributed by atoms with Crippen LogP contribution >= 0.6 is 0 Å². The molecule has 0 atom stereocenters. The van der Waals surface area contributed by atoms with E-state index < -0.39 is 0 Å². The highest BCUT2D eigenvalue weighted by Crippen LogP contribution is 2.35. The SMILES string of the molecule is CCCc1cc(C(=O)NCc2noc(-c3ccc4c(c3)OCO4)n2)no1. The molecule has 3 heterocycles. The highest BCUT2D eigenvalue weighted by atomic mass is 16.7. The fourth-order valence-electron chi connectivity index (χ4n) is 2.51. The number of benzene rings is 1. The van der Waals surface area contributed by atoms with Crippen LogP contribution in [0.1, 0.15) is 35.4 Å². The smallest absolute Gasteiger partial charge is 0.273 e. The van der Waals surface area contributed by atoms with Crippen LogP contribution in [0.2, 0.25) is 0 Å². The first kappa shape index (κ1) is 16.1. The molecule has 0 radical (unpaired) electrons. The van der Waals surface area contributed by atoms with E-state index in [2.05, 4.69) is 20.6 Å². The van der Waals surface area contributed by atoms with Gasteiger partial charge in [-0.1, -0.05) is 17.2 Å². The summed E-state index contributed by atoms with van der Waals surface area (Å²) in [6.07, 6.45) is 1.66. The number of rotatable bonds is 6. The van der Waals surface area contributed by atoms with Crippen molar-refractivity contribution in [3.63, 3.8) is 0 Å². The molecule has 134 valence electrons. The highest BCUT2D eigenvalue weighted by molar-refractivity contribution is 5.92. The van der Waals surface area contributed by atoms with Crippen LogP contribution in [0.15, 0.2) is 33.3 Å². The minimum absolute atomic E-state index is 0.114. The van der Waals surface area contributed by atoms with Crippen LogP contribution in [0.4, 0.5) is 0 Å². The molecule has 1 N–H and O–H groups in total. The third-order valence-electron chi connectivity index (χ3n) is 3.78. The Morgan fingerprint density at radius 1 is 1.15 bits per heavy atom. The zero-order chi connectivity index (χ0) is 17.9. The van der Waals surface area contributed by atoms with E-state index in [0.29, 0.717) is 34.5 Å². The normalized spacial score (nSPS) is 12.3. The van der Waals surface area contributed by atoms with Gasteiger partial charge in [-0.25, -0.2) is 0 Å². The molecule has 0 saturated carbocycles. The van der Waals surface area contributed by atoms with Crippen LogP contribution < -0.4 is 14.8 Å². The molecule has 1 amide bonds. The molecule has 2 aromatic heterocycles. The zero-order valence-corrected chi connectivity index (χ0v) is 14.0. The van der Waals surface area contributed by atoms with Gasteiger partial charge in [0.05, 0.1) is 6.54 Å². The third kappa shape index (κ3) is 3.23. The van der Waals surface area contributed by atoms with E-state index in [4.69, 9.17) is 18.5 Å². The molecule has 1 aliphatic rings. The molecule has 0 aliphatic carbocycles. The Labute approximate surface area is 148 Å². The standard InChI is InChI=1S/C17H16N4O5/c1-2-3-11-7-12(20-25-11)16(22)18-8-15-19-17(26-21-15)10-4-5-13-14(6-10)24-9-23-13/h4-7H,2-3,8-9H2,1H3,(H,18,22). The van der Waals surface area contributed by atoms with E-state index in [-0.39, 0.29) is 24.9 Å². The van der Waals surface area contributed by atoms with Gasteiger partial charge in [0.25, 0.3) is 11.8 Å². The van der Waals surface area contributed by atoms with Gasteiger partial charge in [0, 0.05) is 18.1 Å². The number of nitrogens with one attached hydrogen (secondary N) is 1. The van der Waals surface area contributed by atoms with Crippen molar-refractivity contribution < 1.29 is 23.3 Å². The molecular formula is C17H16N4O5. The van der Waals surface area contributed by atoms with E-state index in [1.807, 2.05) is 6.92 Å². The van der Waals surface area contributed by atoms with E-state index in [9.17, 15) is 4.79 Å². The first-order chi connectivity index (χ1) is 12.7. The molecule has 26 heavy (non-hydrogen) atoms. The largest absolute Gasteiger partial charge is 0.454 e. The summed E-state index contributed by atoms with van der Waals surface area (Å²) in [5.41, 5.74) is 0.938. The first-order valence-electron chi connectivity index (χ1n) is 8.19. The number of aryl methyl sites for hydroxylation is 1. The zero-order valence-electron chi connectivity index (χ0n) is 14.0. The van der Waals surface area contributed by atoms with Crippen molar-refractivity contribution in [3.8, 4) is 23.0 Å². The Bertz CT molecular complexity index is 933. The molecule has 4 rings (SSSR count). The van der Waals surface area contributed by atoms with Gasteiger partial charge in [-0.3, -0.25) is 4.79 Å². The maximum atomic E-state index is 12.1. The number of amides is 1. The van der Waals surface area contributed by atoms with Crippen molar-refractivity contribution in [1.82, 2.24) is 20.6 Å². The summed E-state index contributed by atoms with van der Waals surface area (Å²) in [6, 6.07) is 6.98. The second kappa shape index (κ2) is 6.87. The average molecular weight is 356 g/mol. The molecule has 0 bridgehead atoms. The van der Waals surface area contributed by atoms with Crippen LogP contribution in [-0.2, 0) is 13.0 Å². The van der Waals surface area contributed by atoms with Gasteiger partial charge in [0.1, 0.15) is 5.76 Å². The summed E-state index contributed by atoms with van der Waals surface area (Å²) in [4.78, 5) is 16.4. The quantitative estimate of drug-likeness (QED) is 0.716. The lowest BCUT2D eigenvalue weighted by molar-refractivity contribution is 0.0940. The fourth-order valence-corrected chi connectivity index (χ4v) is 2.51. The van der Waals surface area contributed by atoms with E-state index in [1.54, 1.807) is 24.3 Å².